The summed E-state index contributed by atoms with van der Waals surface area (Å²) in [6.45, 7) is 4.29. The lowest BCUT2D eigenvalue weighted by atomic mass is 10.3. The average Bonchev–Trinajstić information content (AvgIpc) is 2.63. The molecular weight excluding hydrogens is 405 g/mol. The van der Waals surface area contributed by atoms with Crippen molar-refractivity contribution in [1.29, 1.82) is 0 Å². The van der Waals surface area contributed by atoms with Gasteiger partial charge in [0.25, 0.3) is 5.56 Å². The zero-order valence-electron chi connectivity index (χ0n) is 15.7. The van der Waals surface area contributed by atoms with Gasteiger partial charge in [-0.15, -0.1) is 0 Å². The van der Waals surface area contributed by atoms with Gasteiger partial charge < -0.3 is 16.0 Å². The SMILES string of the molecule is CCCCn1c(N)c(N(CC)CC(=O)Nc2c(Cl)cccc2Cl)c(=O)[nH]c1=O. The normalized spacial score (nSPS) is 10.7. The molecule has 0 saturated heterocycles. The molecule has 0 bridgehead atoms. The van der Waals surface area contributed by atoms with Crippen LogP contribution >= 0.6 is 23.2 Å². The maximum absolute atomic E-state index is 12.5. The molecule has 4 N–H and O–H groups in total. The predicted octanol–water partition coefficient (Wildman–Crippen LogP) is 2.69. The topological polar surface area (TPSA) is 113 Å². The lowest BCUT2D eigenvalue weighted by molar-refractivity contribution is -0.115. The highest BCUT2D eigenvalue weighted by Crippen LogP contribution is 2.29. The number of aromatic amines is 1. The Kier molecular flexibility index (Phi) is 7.53. The molecule has 0 atom stereocenters. The molecule has 28 heavy (non-hydrogen) atoms. The number of carbonyl (C=O) groups is 1. The van der Waals surface area contributed by atoms with Gasteiger partial charge in [-0.05, 0) is 25.5 Å². The quantitative estimate of drug-likeness (QED) is 0.599. The fraction of sp³-hybridized carbons (Fsp3) is 0.389. The number of nitrogen functional groups attached to an aromatic ring is 1. The number of hydrogen-bond acceptors (Lipinski definition) is 5. The number of para-hydroxylation sites is 1. The molecule has 10 heteroatoms. The highest BCUT2D eigenvalue weighted by atomic mass is 35.5. The largest absolute Gasteiger partial charge is 0.383 e. The van der Waals surface area contributed by atoms with Gasteiger partial charge >= 0.3 is 5.69 Å². The molecule has 0 unspecified atom stereocenters. The van der Waals surface area contributed by atoms with Crippen LogP contribution in [0.5, 0.6) is 0 Å². The first-order valence-electron chi connectivity index (χ1n) is 8.91. The van der Waals surface area contributed by atoms with Crippen LogP contribution < -0.4 is 27.2 Å². The third kappa shape index (κ3) is 4.88. The van der Waals surface area contributed by atoms with E-state index in [9.17, 15) is 14.4 Å². The molecule has 0 saturated carbocycles. The van der Waals surface area contributed by atoms with Gasteiger partial charge in [-0.2, -0.15) is 0 Å². The Hall–Kier alpha value is -2.45. The van der Waals surface area contributed by atoms with E-state index >= 15 is 0 Å². The van der Waals surface area contributed by atoms with Crippen LogP contribution in [-0.4, -0.2) is 28.5 Å². The van der Waals surface area contributed by atoms with E-state index in [2.05, 4.69) is 10.3 Å². The first-order chi connectivity index (χ1) is 13.3. The minimum atomic E-state index is -0.638. The van der Waals surface area contributed by atoms with Crippen LogP contribution in [0.15, 0.2) is 27.8 Å². The van der Waals surface area contributed by atoms with Crippen LogP contribution in [0.1, 0.15) is 26.7 Å². The third-order valence-electron chi connectivity index (χ3n) is 4.21. The number of unbranched alkanes of at least 4 members (excludes halogenated alkanes) is 1. The Balaban J connectivity index is 2.31. The van der Waals surface area contributed by atoms with E-state index < -0.39 is 17.2 Å². The van der Waals surface area contributed by atoms with Crippen molar-refractivity contribution < 1.29 is 4.79 Å². The van der Waals surface area contributed by atoms with Crippen LogP contribution in [0, 0.1) is 0 Å². The number of hydrogen-bond donors (Lipinski definition) is 3. The zero-order chi connectivity index (χ0) is 20.8. The summed E-state index contributed by atoms with van der Waals surface area (Å²) in [4.78, 5) is 40.7. The molecule has 152 valence electrons. The number of nitrogens with two attached hydrogens (primary N) is 1. The second kappa shape index (κ2) is 9.66. The Morgan fingerprint density at radius 3 is 2.46 bits per heavy atom. The van der Waals surface area contributed by atoms with Crippen molar-refractivity contribution >= 4 is 46.3 Å². The summed E-state index contributed by atoms with van der Waals surface area (Å²) < 4.78 is 1.31. The molecule has 0 spiro atoms. The number of benzene rings is 1. The molecule has 0 aliphatic carbocycles. The second-order valence-electron chi connectivity index (χ2n) is 6.16. The average molecular weight is 428 g/mol. The number of nitrogens with zero attached hydrogens (tertiary/aromatic N) is 2. The van der Waals surface area contributed by atoms with Gasteiger partial charge in [-0.25, -0.2) is 4.79 Å². The van der Waals surface area contributed by atoms with Crippen molar-refractivity contribution in [3.8, 4) is 0 Å². The summed E-state index contributed by atoms with van der Waals surface area (Å²) in [6.07, 6.45) is 1.59. The number of likely N-dealkylation sites (N-methyl/N-ethyl adjacent to an activating group) is 1. The number of nitrogens with one attached hydrogen (secondary N) is 2. The molecule has 1 aromatic heterocycles. The van der Waals surface area contributed by atoms with Crippen molar-refractivity contribution in [3.05, 3.63) is 49.1 Å². The van der Waals surface area contributed by atoms with Crippen molar-refractivity contribution in [2.24, 2.45) is 0 Å². The maximum Gasteiger partial charge on any atom is 0.330 e. The van der Waals surface area contributed by atoms with Crippen molar-refractivity contribution in [2.45, 2.75) is 33.2 Å². The molecule has 0 aliphatic rings. The molecule has 2 aromatic rings. The second-order valence-corrected chi connectivity index (χ2v) is 6.97. The summed E-state index contributed by atoms with van der Waals surface area (Å²) in [5, 5.41) is 3.25. The Morgan fingerprint density at radius 2 is 1.89 bits per heavy atom. The maximum atomic E-state index is 12.5. The van der Waals surface area contributed by atoms with Crippen molar-refractivity contribution in [3.63, 3.8) is 0 Å². The van der Waals surface area contributed by atoms with Crippen LogP contribution in [0.2, 0.25) is 10.0 Å². The number of halogens is 2. The fourth-order valence-electron chi connectivity index (χ4n) is 2.74. The minimum absolute atomic E-state index is 0.0348. The number of H-pyrrole nitrogens is 1. The molecule has 1 aromatic carbocycles. The van der Waals surface area contributed by atoms with E-state index in [0.717, 1.165) is 12.8 Å². The highest BCUT2D eigenvalue weighted by Gasteiger charge is 2.20. The molecular formula is C18H23Cl2N5O3. The third-order valence-corrected chi connectivity index (χ3v) is 4.84. The van der Waals surface area contributed by atoms with Gasteiger partial charge in [0.2, 0.25) is 5.91 Å². The van der Waals surface area contributed by atoms with Gasteiger partial charge in [0.1, 0.15) is 11.5 Å². The molecule has 8 nitrogen and oxygen atoms in total. The summed E-state index contributed by atoms with van der Waals surface area (Å²) >= 11 is 12.1. The van der Waals surface area contributed by atoms with Crippen LogP contribution in [0.25, 0.3) is 0 Å². The predicted molar refractivity (Wildman–Crippen MR) is 114 cm³/mol. The zero-order valence-corrected chi connectivity index (χ0v) is 17.2. The van der Waals surface area contributed by atoms with Gasteiger partial charge in [0.05, 0.1) is 22.3 Å². The lowest BCUT2D eigenvalue weighted by Gasteiger charge is -2.24. The molecule has 0 aliphatic heterocycles. The molecule has 1 heterocycles. The van der Waals surface area contributed by atoms with E-state index in [0.29, 0.717) is 28.8 Å². The van der Waals surface area contributed by atoms with E-state index in [4.69, 9.17) is 28.9 Å². The summed E-state index contributed by atoms with van der Waals surface area (Å²) in [5.74, 6) is -0.394. The molecule has 1 amide bonds. The summed E-state index contributed by atoms with van der Waals surface area (Å²) in [6, 6.07) is 4.87. The van der Waals surface area contributed by atoms with Crippen molar-refractivity contribution in [2.75, 3.05) is 29.0 Å². The number of rotatable bonds is 8. The van der Waals surface area contributed by atoms with E-state index in [1.165, 1.54) is 9.47 Å². The van der Waals surface area contributed by atoms with Gasteiger partial charge in [0.15, 0.2) is 0 Å². The van der Waals surface area contributed by atoms with Crippen LogP contribution in [-0.2, 0) is 11.3 Å². The van der Waals surface area contributed by atoms with Crippen molar-refractivity contribution in [1.82, 2.24) is 9.55 Å². The van der Waals surface area contributed by atoms with Gasteiger partial charge in [0, 0.05) is 13.1 Å². The summed E-state index contributed by atoms with van der Waals surface area (Å²) in [5.41, 5.74) is 5.28. The first kappa shape index (κ1) is 21.8. The lowest BCUT2D eigenvalue weighted by Crippen LogP contribution is -2.41. The number of carbonyl (C=O) groups excluding carboxylic acids is 1. The Morgan fingerprint density at radius 1 is 1.25 bits per heavy atom. The molecule has 0 fully saturated rings. The fourth-order valence-corrected chi connectivity index (χ4v) is 3.23. The Labute approximate surface area is 172 Å². The Bertz CT molecular complexity index is 950. The number of amides is 1. The van der Waals surface area contributed by atoms with E-state index in [1.807, 2.05) is 6.92 Å². The number of aromatic nitrogens is 2. The van der Waals surface area contributed by atoms with Gasteiger partial charge in [-0.1, -0.05) is 42.6 Å². The monoisotopic (exact) mass is 427 g/mol. The molecule has 0 radical (unpaired) electrons. The van der Waals surface area contributed by atoms with E-state index in [1.54, 1.807) is 25.1 Å². The summed E-state index contributed by atoms with van der Waals surface area (Å²) in [7, 11) is 0. The standard InChI is InChI=1S/C18H23Cl2N5O3/c1-3-5-9-25-16(21)15(17(27)23-18(25)28)24(4-2)10-13(26)22-14-11(19)7-6-8-12(14)20/h6-8H,3-5,9-10,21H2,1-2H3,(H,22,26)(H,23,27,28). The smallest absolute Gasteiger partial charge is 0.330 e. The minimum Gasteiger partial charge on any atom is -0.383 e. The van der Waals surface area contributed by atoms with Crippen LogP contribution in [0.3, 0.4) is 0 Å². The van der Waals surface area contributed by atoms with Crippen LogP contribution in [0.4, 0.5) is 17.2 Å². The number of anilines is 3. The van der Waals surface area contributed by atoms with E-state index in [-0.39, 0.29) is 18.1 Å². The molecule has 2 rings (SSSR count). The highest BCUT2D eigenvalue weighted by molar-refractivity contribution is 6.39. The van der Waals surface area contributed by atoms with Gasteiger partial charge in [-0.3, -0.25) is 19.1 Å². The first-order valence-corrected chi connectivity index (χ1v) is 9.67.